The van der Waals surface area contributed by atoms with Gasteiger partial charge in [-0.1, -0.05) is 43.4 Å². The molecule has 0 unspecified atom stereocenters. The Bertz CT molecular complexity index is 6270. The molecule has 13 aromatic rings. The van der Waals surface area contributed by atoms with E-state index < -0.39 is 50.1 Å². The van der Waals surface area contributed by atoms with Gasteiger partial charge in [-0.05, 0) is 239 Å². The number of amides is 3. The minimum absolute atomic E-state index is 0.0162. The SMILES string of the molecule is O=C(Nc1ccc2ccoc2c1)c1ccc(N2CCCCCS2(=O)=O)cc1.O=C(Nc1ccc2ncccc2c1)c1ccc(N2CCCCCS2(=O)=O)cc1.O=C(Nc1ccc2ncoc2c1)c1ccc(N2CCCCCS2(=O)=O)cc1.O=S(=O)(Nc1ccc(Cl)c(-c2nccc3ncccc23)c1)c1ccc(N2CCCCCS2(=O)=O)cc1. The highest BCUT2D eigenvalue weighted by molar-refractivity contribution is 7.94. The molecule has 4 aliphatic rings. The van der Waals surface area contributed by atoms with E-state index in [2.05, 4.69) is 40.6 Å². The van der Waals surface area contributed by atoms with Crippen LogP contribution in [0.4, 0.5) is 45.5 Å². The zero-order chi connectivity index (χ0) is 82.6. The molecular formula is C85H83ClN12O15S5. The van der Waals surface area contributed by atoms with Gasteiger partial charge in [0.1, 0.15) is 11.1 Å². The molecule has 4 N–H and O–H groups in total. The standard InChI is InChI=1S/C25H23ClN4O4S2.C21H21N3O3S.C20H20N2O4S.C19H19N3O4S/c26-23-11-6-18(17-22(23)25-21-5-4-13-27-24(21)12-14-28-25)29-36(33,34)20-9-7-19(8-10-20)30-15-2-1-3-16-35(30,31)32;25-21(23-18-8-11-20-17(15-18)5-4-12-22-20)16-6-9-19(10-7-16)24-13-2-1-3-14-28(24,26)27;23-20(21-17-7-4-15-10-12-26-19(15)14-17)16-5-8-18(9-6-16)22-11-2-1-3-13-27(22,24)25;23-19(21-15-6-9-17-18(12-15)26-13-20-17)14-4-7-16(8-5-14)22-10-2-1-3-11-27(22,24)25/h4-14,17,29H,1-3,15-16H2;4-12,15H,1-3,13-14H2,(H,23,25);4-10,12,14H,1-3,11,13H2,(H,21,23);4-9,12-13H,1-3,10-11H2,(H,21,23). The molecule has 27 nitrogen and oxygen atoms in total. The number of anilines is 8. The van der Waals surface area contributed by atoms with Crippen LogP contribution in [-0.2, 0) is 50.1 Å². The van der Waals surface area contributed by atoms with Crippen molar-refractivity contribution in [2.75, 3.05) is 87.1 Å². The fourth-order valence-electron chi connectivity index (χ4n) is 14.1. The van der Waals surface area contributed by atoms with Crippen molar-refractivity contribution in [3.63, 3.8) is 0 Å². The first kappa shape index (κ1) is 82.7. The molecule has 4 aliphatic heterocycles. The summed E-state index contributed by atoms with van der Waals surface area (Å²) in [5, 5.41) is 11.6. The van der Waals surface area contributed by atoms with Crippen LogP contribution in [0.3, 0.4) is 0 Å². The number of furan rings is 1. The van der Waals surface area contributed by atoms with Gasteiger partial charge in [0, 0.05) is 118 Å². The predicted octanol–water partition coefficient (Wildman–Crippen LogP) is 16.3. The van der Waals surface area contributed by atoms with Crippen LogP contribution in [0.1, 0.15) is 108 Å². The highest BCUT2D eigenvalue weighted by atomic mass is 35.5. The van der Waals surface area contributed by atoms with Gasteiger partial charge in [-0.15, -0.1) is 0 Å². The lowest BCUT2D eigenvalue weighted by atomic mass is 10.1. The topological polar surface area (TPSA) is 361 Å². The third kappa shape index (κ3) is 20.1. The van der Waals surface area contributed by atoms with Crippen LogP contribution in [0.2, 0.25) is 5.02 Å². The van der Waals surface area contributed by atoms with Crippen molar-refractivity contribution >= 4 is 169 Å². The van der Waals surface area contributed by atoms with E-state index >= 15 is 0 Å². The highest BCUT2D eigenvalue weighted by Crippen LogP contribution is 2.36. The molecule has 0 aliphatic carbocycles. The molecule has 0 bridgehead atoms. The number of hydrogen-bond acceptors (Lipinski definition) is 19. The molecule has 3 amide bonds. The Morgan fingerprint density at radius 3 is 1.31 bits per heavy atom. The Morgan fingerprint density at radius 1 is 0.373 bits per heavy atom. The molecule has 0 radical (unpaired) electrons. The van der Waals surface area contributed by atoms with Crippen molar-refractivity contribution in [1.29, 1.82) is 0 Å². The van der Waals surface area contributed by atoms with Crippen LogP contribution in [-0.4, -0.2) is 129 Å². The van der Waals surface area contributed by atoms with E-state index in [0.717, 1.165) is 84.1 Å². The summed E-state index contributed by atoms with van der Waals surface area (Å²) in [6.45, 7) is 1.83. The number of carbonyl (C=O) groups excluding carboxylic acids is 3. The van der Waals surface area contributed by atoms with Crippen LogP contribution in [0.25, 0.3) is 55.1 Å². The van der Waals surface area contributed by atoms with Gasteiger partial charge in [-0.3, -0.25) is 51.3 Å². The van der Waals surface area contributed by atoms with Gasteiger partial charge in [0.15, 0.2) is 12.0 Å². The van der Waals surface area contributed by atoms with Crippen LogP contribution < -0.4 is 37.9 Å². The molecule has 0 spiro atoms. The molecule has 33 heteroatoms. The smallest absolute Gasteiger partial charge is 0.261 e. The first-order valence-electron chi connectivity index (χ1n) is 38.4. The highest BCUT2D eigenvalue weighted by Gasteiger charge is 2.30. The van der Waals surface area contributed by atoms with Gasteiger partial charge in [0.25, 0.3) is 27.7 Å². The molecule has 5 aromatic heterocycles. The Morgan fingerprint density at radius 2 is 0.805 bits per heavy atom. The summed E-state index contributed by atoms with van der Waals surface area (Å²) in [4.78, 5) is 54.6. The van der Waals surface area contributed by atoms with Crippen LogP contribution in [0.15, 0.2) is 251 Å². The van der Waals surface area contributed by atoms with E-state index in [-0.39, 0.29) is 45.6 Å². The van der Waals surface area contributed by atoms with Crippen molar-refractivity contribution in [2.24, 2.45) is 0 Å². The van der Waals surface area contributed by atoms with Crippen LogP contribution in [0.5, 0.6) is 0 Å². The summed E-state index contributed by atoms with van der Waals surface area (Å²) in [6.07, 6.45) is 17.6. The van der Waals surface area contributed by atoms with Crippen molar-refractivity contribution < 1.29 is 65.3 Å². The number of fused-ring (bicyclic) bond motifs is 4. The molecule has 4 saturated heterocycles. The quantitative estimate of drug-likeness (QED) is 0.0785. The van der Waals surface area contributed by atoms with Gasteiger partial charge in [-0.25, -0.2) is 47.1 Å². The zero-order valence-corrected chi connectivity index (χ0v) is 68.6. The predicted molar refractivity (Wildman–Crippen MR) is 462 cm³/mol. The molecule has 17 rings (SSSR count). The first-order valence-corrected chi connectivity index (χ1v) is 46.7. The largest absolute Gasteiger partial charge is 0.464 e. The van der Waals surface area contributed by atoms with E-state index in [9.17, 15) is 56.5 Å². The average Bonchev–Trinajstić information content (AvgIpc) is 0.948. The fraction of sp³-hybridized carbons (Fsp3) is 0.235. The van der Waals surface area contributed by atoms with Crippen LogP contribution in [0, 0.1) is 0 Å². The van der Waals surface area contributed by atoms with Crippen molar-refractivity contribution in [2.45, 2.75) is 81.9 Å². The van der Waals surface area contributed by atoms with E-state index in [1.54, 1.807) is 152 Å². The number of halogens is 1. The fourth-order valence-corrected chi connectivity index (χ4v) is 21.9. The number of benzene rings is 8. The summed E-state index contributed by atoms with van der Waals surface area (Å²) in [6, 6.07) is 58.0. The van der Waals surface area contributed by atoms with E-state index in [1.165, 1.54) is 47.9 Å². The van der Waals surface area contributed by atoms with Gasteiger partial charge < -0.3 is 24.8 Å². The lowest BCUT2D eigenvalue weighted by Crippen LogP contribution is -2.32. The summed E-state index contributed by atoms with van der Waals surface area (Å²) < 4.78 is 145. The van der Waals surface area contributed by atoms with Gasteiger partial charge in [0.05, 0.1) is 78.7 Å². The number of carbonyl (C=O) groups is 3. The Kier molecular flexibility index (Phi) is 25.5. The minimum Gasteiger partial charge on any atom is -0.464 e. The second kappa shape index (κ2) is 36.4. The van der Waals surface area contributed by atoms with Crippen molar-refractivity contribution in [1.82, 2.24) is 19.9 Å². The number of sulfonamides is 5. The Hall–Kier alpha value is -11.8. The van der Waals surface area contributed by atoms with Gasteiger partial charge in [0.2, 0.25) is 40.1 Å². The summed E-state index contributed by atoms with van der Waals surface area (Å²) in [5.41, 5.74) is 10.7. The van der Waals surface area contributed by atoms with Gasteiger partial charge in [-0.2, -0.15) is 0 Å². The van der Waals surface area contributed by atoms with E-state index in [4.69, 9.17) is 20.4 Å². The summed E-state index contributed by atoms with van der Waals surface area (Å²) >= 11 is 6.45. The zero-order valence-electron chi connectivity index (χ0n) is 63.8. The summed E-state index contributed by atoms with van der Waals surface area (Å²) in [7, 11) is -17.2. The van der Waals surface area contributed by atoms with Gasteiger partial charge >= 0.3 is 0 Å². The number of hydrogen-bond donors (Lipinski definition) is 4. The lowest BCUT2D eigenvalue weighted by molar-refractivity contribution is 0.101. The number of nitrogens with one attached hydrogen (secondary N) is 4. The number of rotatable bonds is 14. The monoisotopic (exact) mass is 1710 g/mol. The lowest BCUT2D eigenvalue weighted by Gasteiger charge is -2.22. The van der Waals surface area contributed by atoms with E-state index in [0.29, 0.717) is 141 Å². The molecule has 0 saturated carbocycles. The third-order valence-electron chi connectivity index (χ3n) is 20.3. The van der Waals surface area contributed by atoms with Crippen LogP contribution >= 0.6 is 11.6 Å². The molecule has 8 aromatic carbocycles. The first-order chi connectivity index (χ1) is 56.8. The maximum absolute atomic E-state index is 13.1. The molecule has 118 heavy (non-hydrogen) atoms. The maximum atomic E-state index is 13.1. The second-order valence-electron chi connectivity index (χ2n) is 28.4. The number of aromatic nitrogens is 4. The second-order valence-corrected chi connectivity index (χ2v) is 38.6. The minimum atomic E-state index is -3.94. The molecule has 4 fully saturated rings. The Balaban J connectivity index is 0.000000130. The number of oxazole rings is 1. The number of pyridine rings is 3. The Labute approximate surface area is 688 Å². The van der Waals surface area contributed by atoms with Crippen molar-refractivity contribution in [3.05, 3.63) is 259 Å². The normalized spacial score (nSPS) is 16.5. The third-order valence-corrected chi connectivity index (χ3v) is 29.5. The van der Waals surface area contributed by atoms with Crippen molar-refractivity contribution in [3.8, 4) is 11.3 Å². The molecule has 610 valence electrons. The molecule has 9 heterocycles. The average molecular weight is 1710 g/mol. The maximum Gasteiger partial charge on any atom is 0.261 e. The van der Waals surface area contributed by atoms with E-state index in [1.807, 2.05) is 54.6 Å². The number of nitrogens with zero attached hydrogens (tertiary/aromatic N) is 8. The molecular weight excluding hydrogens is 1620 g/mol. The summed E-state index contributed by atoms with van der Waals surface area (Å²) in [5.74, 6) is -0.177. The molecule has 0 atom stereocenters.